The molecule has 4 aliphatic rings. The summed E-state index contributed by atoms with van der Waals surface area (Å²) < 4.78 is 17.1. The Morgan fingerprint density at radius 3 is 1.19 bits per heavy atom. The smallest absolute Gasteiger partial charge is 0.326 e. The number of piperidine rings is 1. The number of benzene rings is 4. The van der Waals surface area contributed by atoms with E-state index in [9.17, 15) is 19.2 Å². The molecule has 0 spiro atoms. The quantitative estimate of drug-likeness (QED) is 0.176. The van der Waals surface area contributed by atoms with E-state index in [0.29, 0.717) is 66.5 Å². The van der Waals surface area contributed by atoms with E-state index in [2.05, 4.69) is 35.9 Å². The minimum atomic E-state index is -1.34. The van der Waals surface area contributed by atoms with Gasteiger partial charge < -0.3 is 23.4 Å². The maximum atomic E-state index is 13.3. The Labute approximate surface area is 356 Å². The molecule has 4 aliphatic heterocycles. The van der Waals surface area contributed by atoms with Crippen LogP contribution < -0.4 is 20.4 Å². The summed E-state index contributed by atoms with van der Waals surface area (Å²) in [6.45, 7) is 4.24. The van der Waals surface area contributed by atoms with E-state index in [1.807, 2.05) is 126 Å². The van der Waals surface area contributed by atoms with Crippen molar-refractivity contribution in [3.05, 3.63) is 155 Å². The summed E-state index contributed by atoms with van der Waals surface area (Å²) in [5.41, 5.74) is 0.0857. The highest BCUT2D eigenvalue weighted by Gasteiger charge is 2.57. The van der Waals surface area contributed by atoms with Crippen molar-refractivity contribution in [3.8, 4) is 0 Å². The molecule has 4 fully saturated rings. The van der Waals surface area contributed by atoms with Crippen molar-refractivity contribution in [2.24, 2.45) is 0 Å². The first-order chi connectivity index (χ1) is 30.4. The highest BCUT2D eigenvalue weighted by molar-refractivity contribution is 6.10. The van der Waals surface area contributed by atoms with Crippen molar-refractivity contribution in [1.29, 1.82) is 0 Å². The second-order valence-corrected chi connectivity index (χ2v) is 15.2. The van der Waals surface area contributed by atoms with Crippen LogP contribution in [0.15, 0.2) is 130 Å². The van der Waals surface area contributed by atoms with Crippen LogP contribution in [0.25, 0.3) is 0 Å². The van der Waals surface area contributed by atoms with Gasteiger partial charge in [-0.15, -0.1) is 10.2 Å². The van der Waals surface area contributed by atoms with Gasteiger partial charge in [-0.25, -0.2) is 9.59 Å². The standard InChI is InChI=1S/C23H23N5O3.C22H21N5O4/c29-20-23(17-10-4-1-5-11-17,18-12-6-2-7-13-18)28(21(30)24-20)16-19-25-26-22(31-19)27-14-8-3-9-15-27;28-19-22(16-7-3-1-4-8-16,17-9-5-2-6-10-17)27(20(29)23-19)15-18-24-25-21(31-18)26-11-13-30-14-12-26/h1-2,4-7,10-13H,3,8-9,14-16H2,(H,24,29,30);1-10H,11-15H2,(H,23,28,29). The predicted molar refractivity (Wildman–Crippen MR) is 223 cm³/mol. The summed E-state index contributed by atoms with van der Waals surface area (Å²) in [5.74, 6) is -0.266. The molecule has 0 bridgehead atoms. The number of carbonyl (C=O) groups excluding carboxylic acids is 4. The fourth-order valence-corrected chi connectivity index (χ4v) is 8.62. The van der Waals surface area contributed by atoms with Crippen LogP contribution in [0.5, 0.6) is 0 Å². The fraction of sp³-hybridized carbons (Fsp3) is 0.289. The minimum Gasteiger partial charge on any atom is -0.406 e. The lowest BCUT2D eigenvalue weighted by Crippen LogP contribution is -2.47. The number of amides is 6. The van der Waals surface area contributed by atoms with Crippen LogP contribution in [0.3, 0.4) is 0 Å². The number of nitrogens with one attached hydrogen (secondary N) is 2. The van der Waals surface area contributed by atoms with Gasteiger partial charge in [0.25, 0.3) is 11.8 Å². The average molecular weight is 837 g/mol. The van der Waals surface area contributed by atoms with Gasteiger partial charge in [0.15, 0.2) is 11.1 Å². The number of ether oxygens (including phenoxy) is 1. The Hall–Kier alpha value is -7.40. The average Bonchev–Trinajstić information content (AvgIpc) is 4.11. The monoisotopic (exact) mass is 836 g/mol. The van der Waals surface area contributed by atoms with Gasteiger partial charge in [-0.05, 0) is 41.5 Å². The van der Waals surface area contributed by atoms with E-state index in [-0.39, 0.29) is 19.0 Å². The van der Waals surface area contributed by atoms with Gasteiger partial charge in [0, 0.05) is 26.2 Å². The molecule has 6 aromatic rings. The van der Waals surface area contributed by atoms with Crippen molar-refractivity contribution in [2.45, 2.75) is 43.4 Å². The van der Waals surface area contributed by atoms with E-state index < -0.39 is 35.0 Å². The van der Waals surface area contributed by atoms with Crippen LogP contribution in [-0.2, 0) is 38.5 Å². The molecule has 4 saturated heterocycles. The van der Waals surface area contributed by atoms with Gasteiger partial charge in [0.2, 0.25) is 11.8 Å². The molecular formula is C45H44N10O7. The fourth-order valence-electron chi connectivity index (χ4n) is 8.62. The van der Waals surface area contributed by atoms with Crippen LogP contribution in [-0.4, -0.2) is 93.5 Å². The Morgan fingerprint density at radius 2 is 0.823 bits per heavy atom. The molecule has 0 aliphatic carbocycles. The van der Waals surface area contributed by atoms with Gasteiger partial charge in [-0.1, -0.05) is 132 Å². The van der Waals surface area contributed by atoms with E-state index in [1.165, 1.54) is 16.2 Å². The number of carbonyl (C=O) groups is 4. The summed E-state index contributed by atoms with van der Waals surface area (Å²) in [4.78, 5) is 59.4. The topological polar surface area (TPSA) is 192 Å². The number of nitrogens with zero attached hydrogens (tertiary/aromatic N) is 8. The number of hydrogen-bond donors (Lipinski definition) is 2. The van der Waals surface area contributed by atoms with Crippen LogP contribution in [0, 0.1) is 0 Å². The second kappa shape index (κ2) is 17.3. The zero-order chi connectivity index (χ0) is 42.5. The lowest BCUT2D eigenvalue weighted by Gasteiger charge is -2.35. The Balaban J connectivity index is 0.000000158. The van der Waals surface area contributed by atoms with Crippen molar-refractivity contribution in [3.63, 3.8) is 0 Å². The summed E-state index contributed by atoms with van der Waals surface area (Å²) in [6.07, 6.45) is 3.38. The lowest BCUT2D eigenvalue weighted by atomic mass is 9.81. The number of hydrogen-bond acceptors (Lipinski definition) is 13. The van der Waals surface area contributed by atoms with Gasteiger partial charge in [0.1, 0.15) is 13.1 Å². The summed E-state index contributed by atoms with van der Waals surface area (Å²) in [6, 6.07) is 36.9. The SMILES string of the molecule is O=C1NC(=O)C(c2ccccc2)(c2ccccc2)N1Cc1nnc(N2CCCCC2)o1.O=C1NC(=O)C(c2ccccc2)(c2ccccc2)N1Cc1nnc(N2CCOCC2)o1. The number of morpholine rings is 1. The maximum absolute atomic E-state index is 13.3. The van der Waals surface area contributed by atoms with Crippen LogP contribution in [0.4, 0.5) is 21.6 Å². The molecule has 0 radical (unpaired) electrons. The van der Waals surface area contributed by atoms with E-state index in [1.54, 1.807) is 0 Å². The molecular weight excluding hydrogens is 793 g/mol. The molecule has 6 heterocycles. The Morgan fingerprint density at radius 1 is 0.468 bits per heavy atom. The first-order valence-corrected chi connectivity index (χ1v) is 20.6. The molecule has 2 N–H and O–H groups in total. The van der Waals surface area contributed by atoms with Crippen LogP contribution in [0.2, 0.25) is 0 Å². The Kier molecular flexibility index (Phi) is 11.2. The molecule has 17 heteroatoms. The predicted octanol–water partition coefficient (Wildman–Crippen LogP) is 4.96. The van der Waals surface area contributed by atoms with Crippen molar-refractivity contribution in [1.82, 2.24) is 40.8 Å². The molecule has 17 nitrogen and oxygen atoms in total. The maximum Gasteiger partial charge on any atom is 0.326 e. The highest BCUT2D eigenvalue weighted by Crippen LogP contribution is 2.42. The molecule has 0 atom stereocenters. The molecule has 10 rings (SSSR count). The third kappa shape index (κ3) is 7.29. The van der Waals surface area contributed by atoms with Gasteiger partial charge in [-0.2, -0.15) is 0 Å². The minimum absolute atomic E-state index is 0.0152. The van der Waals surface area contributed by atoms with Gasteiger partial charge >= 0.3 is 24.1 Å². The highest BCUT2D eigenvalue weighted by atomic mass is 16.5. The first-order valence-electron chi connectivity index (χ1n) is 20.6. The number of imide groups is 2. The third-order valence-corrected chi connectivity index (χ3v) is 11.6. The molecule has 6 amide bonds. The van der Waals surface area contributed by atoms with Crippen molar-refractivity contribution >= 4 is 35.9 Å². The number of anilines is 2. The zero-order valence-corrected chi connectivity index (χ0v) is 33.8. The normalized spacial score (nSPS) is 18.3. The molecule has 0 unspecified atom stereocenters. The number of urea groups is 2. The van der Waals surface area contributed by atoms with Crippen LogP contribution >= 0.6 is 0 Å². The van der Waals surface area contributed by atoms with Gasteiger partial charge in [0.05, 0.1) is 13.2 Å². The van der Waals surface area contributed by atoms with E-state index in [0.717, 1.165) is 25.9 Å². The van der Waals surface area contributed by atoms with E-state index >= 15 is 0 Å². The van der Waals surface area contributed by atoms with Crippen molar-refractivity contribution < 1.29 is 32.7 Å². The summed E-state index contributed by atoms with van der Waals surface area (Å²) >= 11 is 0. The van der Waals surface area contributed by atoms with Crippen molar-refractivity contribution in [2.75, 3.05) is 49.2 Å². The summed E-state index contributed by atoms with van der Waals surface area (Å²) in [5, 5.41) is 21.6. The molecule has 4 aromatic carbocycles. The lowest BCUT2D eigenvalue weighted by molar-refractivity contribution is -0.126. The van der Waals surface area contributed by atoms with Gasteiger partial charge in [-0.3, -0.25) is 30.0 Å². The number of rotatable bonds is 10. The third-order valence-electron chi connectivity index (χ3n) is 11.6. The number of aromatic nitrogens is 4. The molecule has 62 heavy (non-hydrogen) atoms. The zero-order valence-electron chi connectivity index (χ0n) is 33.8. The molecule has 0 saturated carbocycles. The Bertz CT molecular complexity index is 2250. The molecule has 316 valence electrons. The summed E-state index contributed by atoms with van der Waals surface area (Å²) in [7, 11) is 0. The second-order valence-electron chi connectivity index (χ2n) is 15.2. The molecule has 2 aromatic heterocycles. The van der Waals surface area contributed by atoms with Crippen LogP contribution in [0.1, 0.15) is 53.3 Å². The largest absolute Gasteiger partial charge is 0.406 e. The van der Waals surface area contributed by atoms with E-state index in [4.69, 9.17) is 13.6 Å². The first kappa shape index (κ1) is 40.0.